The summed E-state index contributed by atoms with van der Waals surface area (Å²) in [7, 11) is 0. The van der Waals surface area contributed by atoms with E-state index in [2.05, 4.69) is 20.9 Å². The smallest absolute Gasteiger partial charge is 0.255 e. The van der Waals surface area contributed by atoms with Gasteiger partial charge in [0.1, 0.15) is 0 Å². The van der Waals surface area contributed by atoms with Crippen LogP contribution in [0.5, 0.6) is 0 Å². The highest BCUT2D eigenvalue weighted by molar-refractivity contribution is 6.05. The zero-order chi connectivity index (χ0) is 18.2. The molecule has 8 heteroatoms. The van der Waals surface area contributed by atoms with Gasteiger partial charge in [0.05, 0.1) is 0 Å². The molecular weight excluding hydrogens is 399 g/mol. The van der Waals surface area contributed by atoms with Crippen molar-refractivity contribution in [3.63, 3.8) is 0 Å². The van der Waals surface area contributed by atoms with E-state index in [-0.39, 0.29) is 36.6 Å². The number of pyridine rings is 1. The monoisotopic (exact) mass is 424 g/mol. The summed E-state index contributed by atoms with van der Waals surface area (Å²) in [5, 5.41) is 9.04. The van der Waals surface area contributed by atoms with Crippen molar-refractivity contribution in [2.45, 2.75) is 25.7 Å². The number of benzene rings is 1. The highest BCUT2D eigenvalue weighted by atomic mass is 35.5. The molecule has 0 saturated carbocycles. The molecule has 1 aromatic carbocycles. The topological polar surface area (TPSA) is 83.1 Å². The highest BCUT2D eigenvalue weighted by Crippen LogP contribution is 2.19. The van der Waals surface area contributed by atoms with Crippen molar-refractivity contribution in [2.24, 2.45) is 5.92 Å². The molecule has 0 atom stereocenters. The minimum atomic E-state index is -0.220. The first-order chi connectivity index (χ1) is 12.7. The molecule has 152 valence electrons. The van der Waals surface area contributed by atoms with Crippen molar-refractivity contribution < 1.29 is 9.59 Å². The Morgan fingerprint density at radius 3 is 2.43 bits per heavy atom. The lowest BCUT2D eigenvalue weighted by molar-refractivity contribution is -0.116. The molecule has 2 heterocycles. The van der Waals surface area contributed by atoms with Crippen LogP contribution in [-0.4, -0.2) is 29.9 Å². The summed E-state index contributed by atoms with van der Waals surface area (Å²) < 4.78 is 0. The minimum absolute atomic E-state index is 0. The molecule has 0 bridgehead atoms. The highest BCUT2D eigenvalue weighted by Gasteiger charge is 2.15. The predicted molar refractivity (Wildman–Crippen MR) is 117 cm³/mol. The average molecular weight is 425 g/mol. The van der Waals surface area contributed by atoms with Gasteiger partial charge in [-0.2, -0.15) is 0 Å². The van der Waals surface area contributed by atoms with Crippen LogP contribution in [-0.2, 0) is 4.79 Å². The largest absolute Gasteiger partial charge is 0.326 e. The third-order valence-corrected chi connectivity index (χ3v) is 4.59. The van der Waals surface area contributed by atoms with Crippen LogP contribution in [0.1, 0.15) is 36.0 Å². The van der Waals surface area contributed by atoms with Gasteiger partial charge in [-0.3, -0.25) is 14.6 Å². The second-order valence-corrected chi connectivity index (χ2v) is 6.55. The Labute approximate surface area is 177 Å². The van der Waals surface area contributed by atoms with Crippen molar-refractivity contribution in [2.75, 3.05) is 23.7 Å². The maximum Gasteiger partial charge on any atom is 0.255 e. The van der Waals surface area contributed by atoms with Crippen LogP contribution in [0.2, 0.25) is 0 Å². The fourth-order valence-electron chi connectivity index (χ4n) is 3.11. The van der Waals surface area contributed by atoms with E-state index in [0.717, 1.165) is 32.4 Å². The second kappa shape index (κ2) is 12.3. The normalized spacial score (nSPS) is 13.6. The number of carbonyl (C=O) groups excluding carboxylic acids is 2. The molecule has 1 aliphatic heterocycles. The molecule has 3 N–H and O–H groups in total. The van der Waals surface area contributed by atoms with Crippen LogP contribution in [0.15, 0.2) is 48.8 Å². The molecule has 3 rings (SSSR count). The number of amides is 2. The van der Waals surface area contributed by atoms with Crippen molar-refractivity contribution in [1.82, 2.24) is 10.3 Å². The lowest BCUT2D eigenvalue weighted by Gasteiger charge is -2.22. The van der Waals surface area contributed by atoms with Gasteiger partial charge in [-0.25, -0.2) is 0 Å². The Hall–Kier alpha value is -2.15. The van der Waals surface area contributed by atoms with E-state index in [1.807, 2.05) is 0 Å². The summed E-state index contributed by atoms with van der Waals surface area (Å²) in [5.74, 6) is 0.400. The van der Waals surface area contributed by atoms with E-state index >= 15 is 0 Å². The molecule has 2 amide bonds. The van der Waals surface area contributed by atoms with Crippen molar-refractivity contribution in [3.05, 3.63) is 54.4 Å². The molecule has 0 spiro atoms. The number of halogens is 2. The summed E-state index contributed by atoms with van der Waals surface area (Å²) in [6.07, 6.45) is 6.94. The summed E-state index contributed by atoms with van der Waals surface area (Å²) in [4.78, 5) is 28.4. The molecule has 0 radical (unpaired) electrons. The van der Waals surface area contributed by atoms with Crippen molar-refractivity contribution in [3.8, 4) is 0 Å². The van der Waals surface area contributed by atoms with Crippen LogP contribution in [0, 0.1) is 5.92 Å². The minimum Gasteiger partial charge on any atom is -0.326 e. The predicted octanol–water partition coefficient (Wildman–Crippen LogP) is 3.90. The molecule has 2 aromatic rings. The van der Waals surface area contributed by atoms with Gasteiger partial charge >= 0.3 is 0 Å². The van der Waals surface area contributed by atoms with E-state index in [9.17, 15) is 9.59 Å². The lowest BCUT2D eigenvalue weighted by atomic mass is 9.93. The zero-order valence-corrected chi connectivity index (χ0v) is 17.2. The number of hydrogen-bond acceptors (Lipinski definition) is 4. The van der Waals surface area contributed by atoms with Crippen LogP contribution in [0.25, 0.3) is 0 Å². The molecule has 0 unspecified atom stereocenters. The SMILES string of the molecule is Cl.Cl.O=C(CCC1CCNCC1)Nc1cccc(C(=O)Nc2ccncc2)c1. The van der Waals surface area contributed by atoms with E-state index in [0.29, 0.717) is 29.3 Å². The molecule has 1 aromatic heterocycles. The second-order valence-electron chi connectivity index (χ2n) is 6.55. The number of piperidine rings is 1. The van der Waals surface area contributed by atoms with Crippen molar-refractivity contribution in [1.29, 1.82) is 0 Å². The summed E-state index contributed by atoms with van der Waals surface area (Å²) in [5.41, 5.74) is 1.82. The number of rotatable bonds is 6. The van der Waals surface area contributed by atoms with Crippen molar-refractivity contribution >= 4 is 48.0 Å². The van der Waals surface area contributed by atoms with E-state index in [1.54, 1.807) is 48.8 Å². The quantitative estimate of drug-likeness (QED) is 0.656. The number of nitrogens with zero attached hydrogens (tertiary/aromatic N) is 1. The first-order valence-corrected chi connectivity index (χ1v) is 9.03. The Bertz CT molecular complexity index is 753. The molecular formula is C20H26Cl2N4O2. The van der Waals surface area contributed by atoms with E-state index in [1.165, 1.54) is 0 Å². The van der Waals surface area contributed by atoms with Gasteiger partial charge in [-0.1, -0.05) is 6.07 Å². The van der Waals surface area contributed by atoms with Gasteiger partial charge in [-0.05, 0) is 68.6 Å². The Balaban J connectivity index is 0.00000196. The fraction of sp³-hybridized carbons (Fsp3) is 0.350. The van der Waals surface area contributed by atoms with Crippen LogP contribution in [0.4, 0.5) is 11.4 Å². The van der Waals surface area contributed by atoms with Gasteiger partial charge in [0.2, 0.25) is 5.91 Å². The molecule has 0 aliphatic carbocycles. The average Bonchev–Trinajstić information content (AvgIpc) is 2.68. The first kappa shape index (κ1) is 23.9. The number of anilines is 2. The maximum atomic E-state index is 12.3. The summed E-state index contributed by atoms with van der Waals surface area (Å²) in [6.45, 7) is 2.09. The van der Waals surface area contributed by atoms with Crippen LogP contribution >= 0.6 is 24.8 Å². The number of aromatic nitrogens is 1. The van der Waals surface area contributed by atoms with Gasteiger partial charge < -0.3 is 16.0 Å². The Morgan fingerprint density at radius 2 is 1.71 bits per heavy atom. The van der Waals surface area contributed by atoms with E-state index < -0.39 is 0 Å². The molecule has 6 nitrogen and oxygen atoms in total. The molecule has 28 heavy (non-hydrogen) atoms. The number of nitrogens with one attached hydrogen (secondary N) is 3. The standard InChI is InChI=1S/C20H24N4O2.2ClH/c25-19(5-4-15-6-10-21-11-7-15)23-18-3-1-2-16(14-18)20(26)24-17-8-12-22-13-9-17;;/h1-3,8-9,12-15,21H,4-7,10-11H2,(H,23,25)(H,22,24,26);2*1H. The summed E-state index contributed by atoms with van der Waals surface area (Å²) >= 11 is 0. The number of carbonyl (C=O) groups is 2. The van der Waals surface area contributed by atoms with Gasteiger partial charge in [-0.15, -0.1) is 24.8 Å². The fourth-order valence-corrected chi connectivity index (χ4v) is 3.11. The van der Waals surface area contributed by atoms with Crippen LogP contribution in [0.3, 0.4) is 0 Å². The zero-order valence-electron chi connectivity index (χ0n) is 15.5. The third kappa shape index (κ3) is 7.46. The number of hydrogen-bond donors (Lipinski definition) is 3. The van der Waals surface area contributed by atoms with Crippen LogP contribution < -0.4 is 16.0 Å². The maximum absolute atomic E-state index is 12.3. The first-order valence-electron chi connectivity index (χ1n) is 9.03. The van der Waals surface area contributed by atoms with Gasteiger partial charge in [0, 0.05) is 35.8 Å². The molecule has 1 aliphatic rings. The summed E-state index contributed by atoms with van der Waals surface area (Å²) in [6, 6.07) is 10.4. The third-order valence-electron chi connectivity index (χ3n) is 4.59. The van der Waals surface area contributed by atoms with Gasteiger partial charge in [0.25, 0.3) is 5.91 Å². The Kier molecular flexibility index (Phi) is 10.5. The lowest BCUT2D eigenvalue weighted by Crippen LogP contribution is -2.28. The molecule has 1 fully saturated rings. The Morgan fingerprint density at radius 1 is 1.00 bits per heavy atom. The van der Waals surface area contributed by atoms with Gasteiger partial charge in [0.15, 0.2) is 0 Å². The molecule has 1 saturated heterocycles. The van der Waals surface area contributed by atoms with E-state index in [4.69, 9.17) is 0 Å².